The van der Waals surface area contributed by atoms with Crippen LogP contribution in [0.1, 0.15) is 30.0 Å². The SMILES string of the molecule is CN(C)[C@@H](C(=O)N(Cc1ccncc1)C1CC1)c1ccccc1F. The minimum absolute atomic E-state index is 0.0515. The Kier molecular flexibility index (Phi) is 4.90. The van der Waals surface area contributed by atoms with Gasteiger partial charge in [-0.3, -0.25) is 14.7 Å². The summed E-state index contributed by atoms with van der Waals surface area (Å²) >= 11 is 0. The van der Waals surface area contributed by atoms with Gasteiger partial charge in [-0.2, -0.15) is 0 Å². The standard InChI is InChI=1S/C19H22FN3O/c1-22(2)18(16-5-3-4-6-17(16)20)19(24)23(15-7-8-15)13-14-9-11-21-12-10-14/h3-6,9-12,15,18H,7-8,13H2,1-2H3/t18-/m1/s1. The highest BCUT2D eigenvalue weighted by molar-refractivity contribution is 5.84. The zero-order valence-electron chi connectivity index (χ0n) is 14.0. The number of likely N-dealkylation sites (N-methyl/N-ethyl adjacent to an activating group) is 1. The van der Waals surface area contributed by atoms with Gasteiger partial charge >= 0.3 is 0 Å². The van der Waals surface area contributed by atoms with E-state index in [0.29, 0.717) is 12.1 Å². The smallest absolute Gasteiger partial charge is 0.245 e. The third kappa shape index (κ3) is 3.62. The maximum Gasteiger partial charge on any atom is 0.245 e. The van der Waals surface area contributed by atoms with E-state index in [-0.39, 0.29) is 17.8 Å². The summed E-state index contributed by atoms with van der Waals surface area (Å²) in [6.45, 7) is 0.533. The van der Waals surface area contributed by atoms with Crippen LogP contribution in [0.3, 0.4) is 0 Å². The molecule has 126 valence electrons. The van der Waals surface area contributed by atoms with Crippen LogP contribution in [0.2, 0.25) is 0 Å². The third-order valence-corrected chi connectivity index (χ3v) is 4.32. The maximum atomic E-state index is 14.3. The number of halogens is 1. The van der Waals surface area contributed by atoms with E-state index >= 15 is 0 Å². The molecule has 0 aliphatic heterocycles. The number of aromatic nitrogens is 1. The van der Waals surface area contributed by atoms with Crippen LogP contribution in [0, 0.1) is 5.82 Å². The molecule has 0 saturated heterocycles. The Morgan fingerprint density at radius 1 is 1.21 bits per heavy atom. The van der Waals surface area contributed by atoms with E-state index < -0.39 is 6.04 Å². The van der Waals surface area contributed by atoms with Gasteiger partial charge in [0, 0.05) is 30.5 Å². The molecule has 0 bridgehead atoms. The van der Waals surface area contributed by atoms with E-state index in [9.17, 15) is 9.18 Å². The molecule has 1 aromatic carbocycles. The lowest BCUT2D eigenvalue weighted by Gasteiger charge is -2.31. The lowest BCUT2D eigenvalue weighted by atomic mass is 10.0. The quantitative estimate of drug-likeness (QED) is 0.818. The van der Waals surface area contributed by atoms with Crippen molar-refractivity contribution in [2.24, 2.45) is 0 Å². The van der Waals surface area contributed by atoms with Gasteiger partial charge in [-0.1, -0.05) is 18.2 Å². The monoisotopic (exact) mass is 327 g/mol. The molecule has 0 N–H and O–H groups in total. The lowest BCUT2D eigenvalue weighted by Crippen LogP contribution is -2.41. The fourth-order valence-corrected chi connectivity index (χ4v) is 2.94. The number of nitrogens with zero attached hydrogens (tertiary/aromatic N) is 3. The van der Waals surface area contributed by atoms with Crippen molar-refractivity contribution in [3.05, 3.63) is 65.7 Å². The molecule has 1 heterocycles. The molecule has 1 aliphatic carbocycles. The van der Waals surface area contributed by atoms with Crippen molar-refractivity contribution in [3.63, 3.8) is 0 Å². The fourth-order valence-electron chi connectivity index (χ4n) is 2.94. The molecular weight excluding hydrogens is 305 g/mol. The van der Waals surface area contributed by atoms with E-state index in [2.05, 4.69) is 4.98 Å². The second-order valence-corrected chi connectivity index (χ2v) is 6.44. The molecule has 1 fully saturated rings. The van der Waals surface area contributed by atoms with Gasteiger partial charge in [0.15, 0.2) is 0 Å². The fraction of sp³-hybridized carbons (Fsp3) is 0.368. The van der Waals surface area contributed by atoms with Crippen LogP contribution >= 0.6 is 0 Å². The van der Waals surface area contributed by atoms with Gasteiger partial charge < -0.3 is 4.90 Å². The average Bonchev–Trinajstić information content (AvgIpc) is 3.40. The van der Waals surface area contributed by atoms with E-state index in [4.69, 9.17) is 0 Å². The Bertz CT molecular complexity index is 701. The van der Waals surface area contributed by atoms with Crippen molar-refractivity contribution in [2.45, 2.75) is 31.5 Å². The predicted octanol–water partition coefficient (Wildman–Crippen LogP) is 3.01. The number of carbonyl (C=O) groups is 1. The predicted molar refractivity (Wildman–Crippen MR) is 90.6 cm³/mol. The van der Waals surface area contributed by atoms with Crippen LogP contribution in [0.25, 0.3) is 0 Å². The highest BCUT2D eigenvalue weighted by atomic mass is 19.1. The number of hydrogen-bond acceptors (Lipinski definition) is 3. The van der Waals surface area contributed by atoms with Crippen molar-refractivity contribution in [2.75, 3.05) is 14.1 Å². The average molecular weight is 327 g/mol. The van der Waals surface area contributed by atoms with Gasteiger partial charge in [-0.05, 0) is 50.7 Å². The molecule has 1 amide bonds. The zero-order chi connectivity index (χ0) is 17.1. The second-order valence-electron chi connectivity index (χ2n) is 6.44. The molecular formula is C19H22FN3O. The Morgan fingerprint density at radius 3 is 2.46 bits per heavy atom. The summed E-state index contributed by atoms with van der Waals surface area (Å²) < 4.78 is 14.3. The first-order valence-corrected chi connectivity index (χ1v) is 8.18. The minimum Gasteiger partial charge on any atom is -0.334 e. The van der Waals surface area contributed by atoms with Crippen molar-refractivity contribution < 1.29 is 9.18 Å². The van der Waals surface area contributed by atoms with Crippen molar-refractivity contribution in [1.29, 1.82) is 0 Å². The molecule has 4 nitrogen and oxygen atoms in total. The Labute approximate surface area is 141 Å². The highest BCUT2D eigenvalue weighted by Crippen LogP contribution is 2.33. The summed E-state index contributed by atoms with van der Waals surface area (Å²) in [4.78, 5) is 20.9. The zero-order valence-corrected chi connectivity index (χ0v) is 14.0. The van der Waals surface area contributed by atoms with E-state index in [1.54, 1.807) is 35.5 Å². The van der Waals surface area contributed by atoms with E-state index in [1.165, 1.54) is 6.07 Å². The molecule has 0 unspecified atom stereocenters. The van der Waals surface area contributed by atoms with Gasteiger partial charge in [0.05, 0.1) is 0 Å². The van der Waals surface area contributed by atoms with Crippen LogP contribution in [0.4, 0.5) is 4.39 Å². The number of amides is 1. The van der Waals surface area contributed by atoms with Gasteiger partial charge in [0.2, 0.25) is 5.91 Å². The number of rotatable bonds is 6. The number of hydrogen-bond donors (Lipinski definition) is 0. The lowest BCUT2D eigenvalue weighted by molar-refractivity contribution is -0.137. The first-order valence-electron chi connectivity index (χ1n) is 8.18. The first-order chi connectivity index (χ1) is 11.6. The Morgan fingerprint density at radius 2 is 1.88 bits per heavy atom. The highest BCUT2D eigenvalue weighted by Gasteiger charge is 2.38. The van der Waals surface area contributed by atoms with Crippen molar-refractivity contribution in [3.8, 4) is 0 Å². The Balaban J connectivity index is 1.88. The van der Waals surface area contributed by atoms with Crippen molar-refractivity contribution in [1.82, 2.24) is 14.8 Å². The summed E-state index contributed by atoms with van der Waals surface area (Å²) in [5, 5.41) is 0. The largest absolute Gasteiger partial charge is 0.334 e. The minimum atomic E-state index is -0.617. The van der Waals surface area contributed by atoms with Gasteiger partial charge in [0.1, 0.15) is 11.9 Å². The molecule has 5 heteroatoms. The van der Waals surface area contributed by atoms with Crippen molar-refractivity contribution >= 4 is 5.91 Å². The number of benzene rings is 1. The molecule has 1 aliphatic rings. The molecule has 1 saturated carbocycles. The molecule has 1 aromatic heterocycles. The van der Waals surface area contributed by atoms with Crippen LogP contribution in [-0.2, 0) is 11.3 Å². The molecule has 1 atom stereocenters. The van der Waals surface area contributed by atoms with Gasteiger partial charge in [-0.15, -0.1) is 0 Å². The first kappa shape index (κ1) is 16.6. The summed E-state index contributed by atoms with van der Waals surface area (Å²) in [7, 11) is 3.62. The second kappa shape index (κ2) is 7.09. The van der Waals surface area contributed by atoms with Crippen LogP contribution < -0.4 is 0 Å². The van der Waals surface area contributed by atoms with Crippen LogP contribution in [0.15, 0.2) is 48.8 Å². The summed E-state index contributed by atoms with van der Waals surface area (Å²) in [6, 6.07) is 9.97. The number of pyridine rings is 1. The van der Waals surface area contributed by atoms with Crippen LogP contribution in [0.5, 0.6) is 0 Å². The molecule has 0 radical (unpaired) electrons. The van der Waals surface area contributed by atoms with E-state index in [0.717, 1.165) is 18.4 Å². The van der Waals surface area contributed by atoms with Gasteiger partial charge in [-0.25, -0.2) is 4.39 Å². The third-order valence-electron chi connectivity index (χ3n) is 4.32. The van der Waals surface area contributed by atoms with E-state index in [1.807, 2.05) is 31.1 Å². The molecule has 2 aromatic rings. The summed E-state index contributed by atoms with van der Waals surface area (Å²) in [5.74, 6) is -0.395. The molecule has 0 spiro atoms. The maximum absolute atomic E-state index is 14.3. The molecule has 24 heavy (non-hydrogen) atoms. The number of carbonyl (C=O) groups excluding carboxylic acids is 1. The van der Waals surface area contributed by atoms with Gasteiger partial charge in [0.25, 0.3) is 0 Å². The Hall–Kier alpha value is -2.27. The summed E-state index contributed by atoms with van der Waals surface area (Å²) in [5.41, 5.74) is 1.46. The van der Waals surface area contributed by atoms with Crippen LogP contribution in [-0.4, -0.2) is 40.8 Å². The normalized spacial score (nSPS) is 15.3. The summed E-state index contributed by atoms with van der Waals surface area (Å²) in [6.07, 6.45) is 5.47. The topological polar surface area (TPSA) is 36.4 Å². The molecule has 3 rings (SSSR count).